The van der Waals surface area contributed by atoms with Gasteiger partial charge < -0.3 is 4.90 Å². The van der Waals surface area contributed by atoms with Crippen LogP contribution in [-0.2, 0) is 15.6 Å². The van der Waals surface area contributed by atoms with Crippen LogP contribution in [0.2, 0.25) is 0 Å². The lowest BCUT2D eigenvalue weighted by molar-refractivity contribution is -0.112. The Kier molecular flexibility index (Phi) is 2.79. The largest absolute Gasteiger partial charge is 0.316 e. The van der Waals surface area contributed by atoms with Gasteiger partial charge in [0.15, 0.2) is 5.37 Å². The Morgan fingerprint density at radius 3 is 2.94 bits per heavy atom. The van der Waals surface area contributed by atoms with Crippen LogP contribution in [-0.4, -0.2) is 37.8 Å². The second-order valence-corrected chi connectivity index (χ2v) is 7.02. The predicted molar refractivity (Wildman–Crippen MR) is 69.9 cm³/mol. The van der Waals surface area contributed by atoms with Gasteiger partial charge in [0.2, 0.25) is 5.12 Å². The predicted octanol–water partition coefficient (Wildman–Crippen LogP) is 1.16. The molecule has 3 rings (SSSR count). The van der Waals surface area contributed by atoms with Gasteiger partial charge in [-0.3, -0.25) is 13.8 Å². The van der Waals surface area contributed by atoms with Crippen molar-refractivity contribution in [1.82, 2.24) is 4.90 Å². The van der Waals surface area contributed by atoms with E-state index in [1.807, 2.05) is 13.0 Å². The fraction of sp³-hybridized carbons (Fsp3) is 0.333. The van der Waals surface area contributed by atoms with E-state index in [9.17, 15) is 13.8 Å². The Morgan fingerprint density at radius 1 is 1.39 bits per heavy atom. The summed E-state index contributed by atoms with van der Waals surface area (Å²) in [6.45, 7) is 2.31. The molecule has 6 heteroatoms. The minimum absolute atomic E-state index is 0.178. The smallest absolute Gasteiger partial charge is 0.256 e. The van der Waals surface area contributed by atoms with Crippen molar-refractivity contribution in [2.24, 2.45) is 0 Å². The van der Waals surface area contributed by atoms with Crippen molar-refractivity contribution < 1.29 is 13.8 Å². The van der Waals surface area contributed by atoms with Crippen molar-refractivity contribution in [1.29, 1.82) is 0 Å². The molecule has 2 aliphatic heterocycles. The molecule has 1 aromatic rings. The van der Waals surface area contributed by atoms with Crippen LogP contribution in [0, 0.1) is 6.92 Å². The van der Waals surface area contributed by atoms with Gasteiger partial charge >= 0.3 is 0 Å². The Labute approximate surface area is 111 Å². The number of hydrogen-bond donors (Lipinski definition) is 0. The van der Waals surface area contributed by atoms with Crippen LogP contribution in [0.1, 0.15) is 15.9 Å². The van der Waals surface area contributed by atoms with E-state index in [1.54, 1.807) is 12.1 Å². The molecular formula is C12H11NO3S2. The topological polar surface area (TPSA) is 54.5 Å². The number of benzene rings is 1. The third-order valence-electron chi connectivity index (χ3n) is 3.10. The first kappa shape index (κ1) is 11.9. The van der Waals surface area contributed by atoms with Gasteiger partial charge in [0.25, 0.3) is 5.91 Å². The molecule has 0 bridgehead atoms. The van der Waals surface area contributed by atoms with Crippen molar-refractivity contribution in [2.45, 2.75) is 17.2 Å². The zero-order valence-electron chi connectivity index (χ0n) is 9.71. The quantitative estimate of drug-likeness (QED) is 0.716. The highest BCUT2D eigenvalue weighted by atomic mass is 32.2. The fourth-order valence-electron chi connectivity index (χ4n) is 2.22. The summed E-state index contributed by atoms with van der Waals surface area (Å²) < 4.78 is 11.8. The number of fused-ring (bicyclic) bond motifs is 2. The molecule has 0 radical (unpaired) electrons. The summed E-state index contributed by atoms with van der Waals surface area (Å²) in [4.78, 5) is 26.6. The molecule has 0 N–H and O–H groups in total. The van der Waals surface area contributed by atoms with E-state index in [4.69, 9.17) is 0 Å². The number of nitrogens with zero attached hydrogens (tertiary/aromatic N) is 1. The molecule has 1 unspecified atom stereocenters. The minimum Gasteiger partial charge on any atom is -0.316 e. The molecule has 0 aromatic heterocycles. The second kappa shape index (κ2) is 4.20. The first-order chi connectivity index (χ1) is 8.58. The maximum absolute atomic E-state index is 12.4. The normalized spacial score (nSPS) is 26.8. The van der Waals surface area contributed by atoms with Crippen LogP contribution in [0.4, 0.5) is 0 Å². The van der Waals surface area contributed by atoms with E-state index < -0.39 is 16.2 Å². The molecule has 0 spiro atoms. The average Bonchev–Trinajstić information content (AvgIpc) is 2.68. The lowest BCUT2D eigenvalue weighted by atomic mass is 10.1. The summed E-state index contributed by atoms with van der Waals surface area (Å²) in [5.41, 5.74) is 1.53. The Morgan fingerprint density at radius 2 is 2.17 bits per heavy atom. The SMILES string of the molecule is Cc1ccc2c(c1)C(=O)N1CCS(=O)[C@H]1C(=O)S2. The fourth-order valence-corrected chi connectivity index (χ4v) is 4.82. The highest BCUT2D eigenvalue weighted by molar-refractivity contribution is 8.15. The summed E-state index contributed by atoms with van der Waals surface area (Å²) in [7, 11) is -1.26. The Bertz CT molecular complexity index is 585. The number of carbonyl (C=O) groups excluding carboxylic acids is 2. The first-order valence-electron chi connectivity index (χ1n) is 5.58. The molecule has 0 saturated carbocycles. The maximum Gasteiger partial charge on any atom is 0.256 e. The summed E-state index contributed by atoms with van der Waals surface area (Å²) in [5.74, 6) is 0.215. The molecule has 1 aromatic carbocycles. The summed E-state index contributed by atoms with van der Waals surface area (Å²) in [6, 6.07) is 5.46. The molecule has 4 nitrogen and oxygen atoms in total. The van der Waals surface area contributed by atoms with Gasteiger partial charge in [0.05, 0.1) is 16.4 Å². The van der Waals surface area contributed by atoms with Crippen LogP contribution in [0.5, 0.6) is 0 Å². The molecule has 2 atom stereocenters. The molecule has 1 fully saturated rings. The number of carbonyl (C=O) groups is 2. The zero-order valence-corrected chi connectivity index (χ0v) is 11.3. The van der Waals surface area contributed by atoms with Gasteiger partial charge in [-0.15, -0.1) is 0 Å². The molecule has 2 heterocycles. The van der Waals surface area contributed by atoms with Crippen LogP contribution in [0.15, 0.2) is 23.1 Å². The van der Waals surface area contributed by atoms with E-state index in [0.717, 1.165) is 17.3 Å². The highest BCUT2D eigenvalue weighted by Gasteiger charge is 2.43. The minimum atomic E-state index is -1.26. The summed E-state index contributed by atoms with van der Waals surface area (Å²) >= 11 is 1.03. The number of thioether (sulfide) groups is 1. The van der Waals surface area contributed by atoms with Crippen LogP contribution >= 0.6 is 11.8 Å². The van der Waals surface area contributed by atoms with Crippen LogP contribution in [0.25, 0.3) is 0 Å². The van der Waals surface area contributed by atoms with E-state index in [-0.39, 0.29) is 11.0 Å². The van der Waals surface area contributed by atoms with E-state index in [2.05, 4.69) is 0 Å². The second-order valence-electron chi connectivity index (χ2n) is 4.36. The first-order valence-corrected chi connectivity index (χ1v) is 7.78. The van der Waals surface area contributed by atoms with Gasteiger partial charge in [-0.1, -0.05) is 11.6 Å². The number of rotatable bonds is 0. The third kappa shape index (κ3) is 1.71. The number of amides is 1. The van der Waals surface area contributed by atoms with Gasteiger partial charge in [0, 0.05) is 17.2 Å². The van der Waals surface area contributed by atoms with Crippen LogP contribution < -0.4 is 0 Å². The molecule has 18 heavy (non-hydrogen) atoms. The third-order valence-corrected chi connectivity index (χ3v) is 5.81. The van der Waals surface area contributed by atoms with Crippen molar-refractivity contribution in [3.8, 4) is 0 Å². The van der Waals surface area contributed by atoms with Crippen molar-refractivity contribution in [3.63, 3.8) is 0 Å². The highest BCUT2D eigenvalue weighted by Crippen LogP contribution is 2.34. The van der Waals surface area contributed by atoms with Crippen LogP contribution in [0.3, 0.4) is 0 Å². The Balaban J connectivity index is 2.14. The molecule has 94 valence electrons. The van der Waals surface area contributed by atoms with Gasteiger partial charge in [-0.05, 0) is 30.8 Å². The van der Waals surface area contributed by atoms with Crippen molar-refractivity contribution >= 4 is 33.6 Å². The molecular weight excluding hydrogens is 270 g/mol. The number of hydrogen-bond acceptors (Lipinski definition) is 4. The zero-order chi connectivity index (χ0) is 12.9. The van der Waals surface area contributed by atoms with Gasteiger partial charge in [-0.2, -0.15) is 0 Å². The standard InChI is InChI=1S/C12H11NO3S2/c1-7-2-3-9-8(6-7)10(14)13-4-5-18(16)11(13)12(15)17-9/h2-3,6,11H,4-5H2,1H3/t11-,18?/m0/s1. The molecule has 1 amide bonds. The van der Waals surface area contributed by atoms with E-state index in [0.29, 0.717) is 22.8 Å². The van der Waals surface area contributed by atoms with E-state index >= 15 is 0 Å². The summed E-state index contributed by atoms with van der Waals surface area (Å²) in [5, 5.41) is -0.961. The molecule has 2 aliphatic rings. The monoisotopic (exact) mass is 281 g/mol. The van der Waals surface area contributed by atoms with Gasteiger partial charge in [0.1, 0.15) is 0 Å². The lowest BCUT2D eigenvalue weighted by Gasteiger charge is -2.18. The van der Waals surface area contributed by atoms with E-state index in [1.165, 1.54) is 4.90 Å². The van der Waals surface area contributed by atoms with Crippen molar-refractivity contribution in [2.75, 3.05) is 12.3 Å². The summed E-state index contributed by atoms with van der Waals surface area (Å²) in [6.07, 6.45) is 0. The lowest BCUT2D eigenvalue weighted by Crippen LogP contribution is -2.39. The number of aryl methyl sites for hydroxylation is 1. The van der Waals surface area contributed by atoms with Crippen molar-refractivity contribution in [3.05, 3.63) is 29.3 Å². The maximum atomic E-state index is 12.4. The van der Waals surface area contributed by atoms with Gasteiger partial charge in [-0.25, -0.2) is 0 Å². The average molecular weight is 281 g/mol. The molecule has 1 saturated heterocycles. The molecule has 0 aliphatic carbocycles. The Hall–Kier alpha value is -1.14.